The predicted molar refractivity (Wildman–Crippen MR) is 64.8 cm³/mol. The van der Waals surface area contributed by atoms with Gasteiger partial charge < -0.3 is 0 Å². The molecule has 1 N–H and O–H groups in total. The fraction of sp³-hybridized carbons (Fsp3) is 0.500. The summed E-state index contributed by atoms with van der Waals surface area (Å²) in [6.45, 7) is 0. The van der Waals surface area contributed by atoms with Gasteiger partial charge in [0.15, 0.2) is 0 Å². The van der Waals surface area contributed by atoms with Gasteiger partial charge in [0.05, 0.1) is 6.07 Å². The van der Waals surface area contributed by atoms with Gasteiger partial charge in [-0.2, -0.15) is 5.26 Å². The van der Waals surface area contributed by atoms with Crippen LogP contribution in [0.2, 0.25) is 0 Å². The summed E-state index contributed by atoms with van der Waals surface area (Å²) >= 11 is 0. The molecule has 0 amide bonds. The van der Waals surface area contributed by atoms with Crippen LogP contribution < -0.4 is 5.32 Å². The summed E-state index contributed by atoms with van der Waals surface area (Å²) in [6, 6.07) is 8.48. The van der Waals surface area contributed by atoms with Gasteiger partial charge in [-0.05, 0) is 18.9 Å². The Kier molecular flexibility index (Phi) is 4.11. The summed E-state index contributed by atoms with van der Waals surface area (Å²) in [5.74, 6) is -0.303. The van der Waals surface area contributed by atoms with Crippen molar-refractivity contribution in [2.45, 2.75) is 44.2 Å². The molecule has 0 heterocycles. The maximum atomic E-state index is 13.6. The fourth-order valence-corrected chi connectivity index (χ4v) is 2.41. The van der Waals surface area contributed by atoms with E-state index in [1.807, 2.05) is 0 Å². The second kappa shape index (κ2) is 5.79. The van der Waals surface area contributed by atoms with E-state index in [2.05, 4.69) is 11.4 Å². The Labute approximate surface area is 101 Å². The number of nitriles is 1. The average molecular weight is 232 g/mol. The molecule has 0 aliphatic heterocycles. The summed E-state index contributed by atoms with van der Waals surface area (Å²) in [5, 5.41) is 12.4. The van der Waals surface area contributed by atoms with Crippen LogP contribution in [0.3, 0.4) is 0 Å². The Morgan fingerprint density at radius 3 is 2.59 bits per heavy atom. The highest BCUT2D eigenvalue weighted by atomic mass is 19.1. The Hall–Kier alpha value is -1.40. The maximum absolute atomic E-state index is 13.6. The average Bonchev–Trinajstić information content (AvgIpc) is 2.38. The number of nitrogens with one attached hydrogen (secondary N) is 1. The van der Waals surface area contributed by atoms with Crippen molar-refractivity contribution in [2.75, 3.05) is 0 Å². The highest BCUT2D eigenvalue weighted by Crippen LogP contribution is 2.22. The van der Waals surface area contributed by atoms with Crippen LogP contribution in [-0.4, -0.2) is 6.04 Å². The van der Waals surface area contributed by atoms with E-state index >= 15 is 0 Å². The first-order chi connectivity index (χ1) is 8.31. The van der Waals surface area contributed by atoms with Gasteiger partial charge >= 0.3 is 0 Å². The van der Waals surface area contributed by atoms with E-state index in [4.69, 9.17) is 5.26 Å². The molecule has 0 bridgehead atoms. The molecular weight excluding hydrogens is 215 g/mol. The molecule has 0 saturated heterocycles. The predicted octanol–water partition coefficient (Wildman–Crippen LogP) is 3.31. The van der Waals surface area contributed by atoms with Gasteiger partial charge in [0.2, 0.25) is 0 Å². The van der Waals surface area contributed by atoms with Crippen molar-refractivity contribution < 1.29 is 4.39 Å². The summed E-state index contributed by atoms with van der Waals surface area (Å²) in [6.07, 6.45) is 5.86. The van der Waals surface area contributed by atoms with E-state index < -0.39 is 6.04 Å². The minimum absolute atomic E-state index is 0.303. The van der Waals surface area contributed by atoms with Gasteiger partial charge in [-0.3, -0.25) is 5.32 Å². The van der Waals surface area contributed by atoms with Gasteiger partial charge in [-0.1, -0.05) is 37.5 Å². The zero-order valence-corrected chi connectivity index (χ0v) is 9.82. The molecule has 0 radical (unpaired) electrons. The summed E-state index contributed by atoms with van der Waals surface area (Å²) < 4.78 is 13.6. The molecule has 90 valence electrons. The van der Waals surface area contributed by atoms with E-state index in [1.54, 1.807) is 18.2 Å². The lowest BCUT2D eigenvalue weighted by Crippen LogP contribution is -2.34. The largest absolute Gasteiger partial charge is 0.295 e. The first-order valence-electron chi connectivity index (χ1n) is 6.21. The Morgan fingerprint density at radius 2 is 1.94 bits per heavy atom. The summed E-state index contributed by atoms with van der Waals surface area (Å²) in [4.78, 5) is 0. The molecule has 1 unspecified atom stereocenters. The molecule has 2 rings (SSSR count). The topological polar surface area (TPSA) is 35.8 Å². The van der Waals surface area contributed by atoms with Crippen LogP contribution in [0.1, 0.15) is 43.7 Å². The summed E-state index contributed by atoms with van der Waals surface area (Å²) in [5.41, 5.74) is 0.459. The Bertz CT molecular complexity index is 405. The number of hydrogen-bond donors (Lipinski definition) is 1. The second-order valence-corrected chi connectivity index (χ2v) is 4.59. The van der Waals surface area contributed by atoms with E-state index in [0.717, 1.165) is 12.8 Å². The van der Waals surface area contributed by atoms with Gasteiger partial charge in [-0.15, -0.1) is 0 Å². The SMILES string of the molecule is N#CC(NC1CCCCC1)c1ccccc1F. The third kappa shape index (κ3) is 3.04. The van der Waals surface area contributed by atoms with E-state index in [0.29, 0.717) is 11.6 Å². The lowest BCUT2D eigenvalue weighted by Gasteiger charge is -2.25. The molecule has 1 aromatic rings. The highest BCUT2D eigenvalue weighted by molar-refractivity contribution is 5.25. The quantitative estimate of drug-likeness (QED) is 0.867. The van der Waals surface area contributed by atoms with Crippen molar-refractivity contribution >= 4 is 0 Å². The molecule has 1 aromatic carbocycles. The molecule has 1 saturated carbocycles. The van der Waals surface area contributed by atoms with Gasteiger partial charge in [0, 0.05) is 11.6 Å². The zero-order chi connectivity index (χ0) is 12.1. The number of rotatable bonds is 3. The smallest absolute Gasteiger partial charge is 0.129 e. The number of nitrogens with zero attached hydrogens (tertiary/aromatic N) is 1. The molecule has 1 fully saturated rings. The minimum atomic E-state index is -0.528. The van der Waals surface area contributed by atoms with Crippen molar-refractivity contribution in [3.63, 3.8) is 0 Å². The van der Waals surface area contributed by atoms with E-state index in [9.17, 15) is 4.39 Å². The number of benzene rings is 1. The number of hydrogen-bond acceptors (Lipinski definition) is 2. The lowest BCUT2D eigenvalue weighted by molar-refractivity contribution is 0.357. The van der Waals surface area contributed by atoms with Crippen LogP contribution in [-0.2, 0) is 0 Å². The van der Waals surface area contributed by atoms with Crippen molar-refractivity contribution in [1.29, 1.82) is 5.26 Å². The van der Waals surface area contributed by atoms with Crippen LogP contribution in [0.5, 0.6) is 0 Å². The van der Waals surface area contributed by atoms with Crippen LogP contribution in [0, 0.1) is 17.1 Å². The molecule has 1 atom stereocenters. The lowest BCUT2D eigenvalue weighted by atomic mass is 9.94. The summed E-state index contributed by atoms with van der Waals surface area (Å²) in [7, 11) is 0. The molecule has 3 heteroatoms. The van der Waals surface area contributed by atoms with E-state index in [1.165, 1.54) is 25.3 Å². The van der Waals surface area contributed by atoms with Crippen molar-refractivity contribution in [3.05, 3.63) is 35.6 Å². The molecule has 0 spiro atoms. The third-order valence-electron chi connectivity index (χ3n) is 3.35. The molecule has 1 aliphatic carbocycles. The zero-order valence-electron chi connectivity index (χ0n) is 9.82. The fourth-order valence-electron chi connectivity index (χ4n) is 2.41. The first-order valence-corrected chi connectivity index (χ1v) is 6.21. The maximum Gasteiger partial charge on any atom is 0.129 e. The first kappa shape index (κ1) is 12.1. The third-order valence-corrected chi connectivity index (χ3v) is 3.35. The van der Waals surface area contributed by atoms with Gasteiger partial charge in [0.25, 0.3) is 0 Å². The monoisotopic (exact) mass is 232 g/mol. The van der Waals surface area contributed by atoms with Crippen LogP contribution in [0.4, 0.5) is 4.39 Å². The second-order valence-electron chi connectivity index (χ2n) is 4.59. The number of halogens is 1. The van der Waals surface area contributed by atoms with E-state index in [-0.39, 0.29) is 5.82 Å². The normalized spacial score (nSPS) is 18.6. The standard InChI is InChI=1S/C14H17FN2/c15-13-9-5-4-8-12(13)14(10-16)17-11-6-2-1-3-7-11/h4-5,8-9,11,14,17H,1-3,6-7H2. The highest BCUT2D eigenvalue weighted by Gasteiger charge is 2.20. The van der Waals surface area contributed by atoms with Gasteiger partial charge in [0.1, 0.15) is 11.9 Å². The van der Waals surface area contributed by atoms with Crippen LogP contribution >= 0.6 is 0 Å². The molecule has 2 nitrogen and oxygen atoms in total. The molecule has 0 aromatic heterocycles. The van der Waals surface area contributed by atoms with Gasteiger partial charge in [-0.25, -0.2) is 4.39 Å². The molecule has 17 heavy (non-hydrogen) atoms. The van der Waals surface area contributed by atoms with Crippen molar-refractivity contribution in [1.82, 2.24) is 5.32 Å². The molecule has 1 aliphatic rings. The minimum Gasteiger partial charge on any atom is -0.295 e. The van der Waals surface area contributed by atoms with Crippen LogP contribution in [0.25, 0.3) is 0 Å². The Morgan fingerprint density at radius 1 is 1.24 bits per heavy atom. The van der Waals surface area contributed by atoms with Crippen molar-refractivity contribution in [3.8, 4) is 6.07 Å². The van der Waals surface area contributed by atoms with Crippen molar-refractivity contribution in [2.24, 2.45) is 0 Å². The molecular formula is C14H17FN2. The Balaban J connectivity index is 2.06. The van der Waals surface area contributed by atoms with Crippen LogP contribution in [0.15, 0.2) is 24.3 Å².